The molecule has 1 atom stereocenters. The molecule has 2 aromatic carbocycles. The Bertz CT molecular complexity index is 1520. The molecule has 8 nitrogen and oxygen atoms in total. The summed E-state index contributed by atoms with van der Waals surface area (Å²) < 4.78 is 26.3. The first-order chi connectivity index (χ1) is 18.0. The summed E-state index contributed by atoms with van der Waals surface area (Å²) in [6.45, 7) is 2.94. The molecule has 2 N–H and O–H groups in total. The standard InChI is InChI=1S/C27H23FN4O4S/c1-15-12-21(36-17-7-3-2-4-8-17)18(28)13-20(15)32-19-9-10-29-26-22(19)23(31-27(32)34)24(37-26)25(33)30-16-6-5-11-35-14-16/h2-4,7-10,12-13,16H,5-6,11,14H2,1H3,(H,30,33)(H,31,34). The number of para-hydroxylation sites is 1. The minimum absolute atomic E-state index is 0.0617. The highest BCUT2D eigenvalue weighted by atomic mass is 32.1. The van der Waals surface area contributed by atoms with Crippen molar-refractivity contribution >= 4 is 50.6 Å². The molecule has 0 saturated carbocycles. The summed E-state index contributed by atoms with van der Waals surface area (Å²) in [7, 11) is 0. The summed E-state index contributed by atoms with van der Waals surface area (Å²) >= 11 is 1.21. The number of halogens is 1. The maximum atomic E-state index is 15.2. The summed E-state index contributed by atoms with van der Waals surface area (Å²) in [5.74, 6) is -0.313. The quantitative estimate of drug-likeness (QED) is 0.332. The third-order valence-corrected chi connectivity index (χ3v) is 7.51. The third kappa shape index (κ3) is 4.28. The Labute approximate surface area is 216 Å². The van der Waals surface area contributed by atoms with Crippen LogP contribution in [0.5, 0.6) is 11.5 Å². The van der Waals surface area contributed by atoms with Crippen LogP contribution in [0.25, 0.3) is 10.2 Å². The van der Waals surface area contributed by atoms with Crippen LogP contribution in [0.2, 0.25) is 0 Å². The van der Waals surface area contributed by atoms with Crippen LogP contribution in [0.3, 0.4) is 0 Å². The van der Waals surface area contributed by atoms with Crippen LogP contribution in [0.4, 0.5) is 26.2 Å². The van der Waals surface area contributed by atoms with Gasteiger partial charge in [0.2, 0.25) is 0 Å². The fraction of sp³-hybridized carbons (Fsp3) is 0.222. The Morgan fingerprint density at radius 1 is 1.24 bits per heavy atom. The highest BCUT2D eigenvalue weighted by Gasteiger charge is 2.34. The van der Waals surface area contributed by atoms with Crippen LogP contribution in [0, 0.1) is 12.7 Å². The summed E-state index contributed by atoms with van der Waals surface area (Å²) in [5, 5.41) is 6.50. The van der Waals surface area contributed by atoms with Crippen LogP contribution in [0.15, 0.2) is 54.7 Å². The van der Waals surface area contributed by atoms with Gasteiger partial charge in [0.15, 0.2) is 11.6 Å². The molecule has 1 unspecified atom stereocenters. The van der Waals surface area contributed by atoms with E-state index in [4.69, 9.17) is 9.47 Å². The molecule has 0 aliphatic carbocycles. The number of benzene rings is 2. The lowest BCUT2D eigenvalue weighted by Crippen LogP contribution is -2.41. The molecule has 0 radical (unpaired) electrons. The number of anilines is 3. The zero-order valence-corrected chi connectivity index (χ0v) is 20.7. The Hall–Kier alpha value is -4.02. The van der Waals surface area contributed by atoms with Gasteiger partial charge in [0.05, 0.1) is 35.1 Å². The minimum Gasteiger partial charge on any atom is -0.454 e. The second kappa shape index (κ2) is 9.45. The summed E-state index contributed by atoms with van der Waals surface area (Å²) in [6.07, 6.45) is 3.30. The van der Waals surface area contributed by atoms with Crippen molar-refractivity contribution in [1.29, 1.82) is 0 Å². The average molecular weight is 519 g/mol. The molecule has 2 aliphatic heterocycles. The maximum absolute atomic E-state index is 15.2. The van der Waals surface area contributed by atoms with E-state index in [0.29, 0.717) is 56.7 Å². The number of carbonyl (C=O) groups excluding carboxylic acids is 2. The molecule has 10 heteroatoms. The first-order valence-electron chi connectivity index (χ1n) is 11.9. The van der Waals surface area contributed by atoms with Gasteiger partial charge in [-0.1, -0.05) is 18.2 Å². The average Bonchev–Trinajstić information content (AvgIpc) is 3.27. The normalized spacial score (nSPS) is 17.0. The largest absolute Gasteiger partial charge is 0.454 e. The van der Waals surface area contributed by atoms with Crippen molar-refractivity contribution in [3.05, 3.63) is 71.0 Å². The van der Waals surface area contributed by atoms with E-state index in [1.807, 2.05) is 6.07 Å². The lowest BCUT2D eigenvalue weighted by atomic mass is 10.1. The first-order valence-corrected chi connectivity index (χ1v) is 12.8. The van der Waals surface area contributed by atoms with Crippen LogP contribution < -0.4 is 20.3 Å². The van der Waals surface area contributed by atoms with E-state index >= 15 is 4.39 Å². The second-order valence-electron chi connectivity index (χ2n) is 8.95. The molecule has 0 bridgehead atoms. The lowest BCUT2D eigenvalue weighted by molar-refractivity contribution is 0.0626. The summed E-state index contributed by atoms with van der Waals surface area (Å²) in [4.78, 5) is 33.3. The Kier molecular flexibility index (Phi) is 5.97. The van der Waals surface area contributed by atoms with Crippen LogP contribution >= 0.6 is 11.3 Å². The summed E-state index contributed by atoms with van der Waals surface area (Å²) in [5.41, 5.74) is 1.95. The molecular formula is C27H23FN4O4S. The van der Waals surface area contributed by atoms with Gasteiger partial charge in [-0.3, -0.25) is 9.69 Å². The molecule has 3 amide bonds. The van der Waals surface area contributed by atoms with Gasteiger partial charge in [-0.25, -0.2) is 14.2 Å². The van der Waals surface area contributed by atoms with E-state index in [9.17, 15) is 9.59 Å². The van der Waals surface area contributed by atoms with Crippen molar-refractivity contribution in [2.75, 3.05) is 23.4 Å². The number of nitrogens with one attached hydrogen (secondary N) is 2. The zero-order valence-electron chi connectivity index (χ0n) is 19.9. The first kappa shape index (κ1) is 23.4. The number of ether oxygens (including phenoxy) is 2. The lowest BCUT2D eigenvalue weighted by Gasteiger charge is -2.30. The number of nitrogens with zero attached hydrogens (tertiary/aromatic N) is 2. The van der Waals surface area contributed by atoms with Crippen molar-refractivity contribution in [2.45, 2.75) is 25.8 Å². The van der Waals surface area contributed by atoms with E-state index in [1.54, 1.807) is 49.5 Å². The SMILES string of the molecule is Cc1cc(Oc2ccccc2)c(F)cc1N1C(=O)Nc2c(C(=O)NC3CCCOC3)sc3nccc1c23. The highest BCUT2D eigenvalue weighted by molar-refractivity contribution is 7.21. The van der Waals surface area contributed by atoms with Gasteiger partial charge >= 0.3 is 6.03 Å². The van der Waals surface area contributed by atoms with Crippen molar-refractivity contribution in [2.24, 2.45) is 0 Å². The Morgan fingerprint density at radius 3 is 2.86 bits per heavy atom. The minimum atomic E-state index is -0.603. The molecule has 2 aromatic heterocycles. The molecule has 188 valence electrons. The molecule has 0 spiro atoms. The van der Waals surface area contributed by atoms with Crippen molar-refractivity contribution in [3.63, 3.8) is 0 Å². The topological polar surface area (TPSA) is 92.8 Å². The van der Waals surface area contributed by atoms with Gasteiger partial charge in [0, 0.05) is 18.9 Å². The molecule has 6 rings (SSSR count). The number of hydrogen-bond acceptors (Lipinski definition) is 6. The van der Waals surface area contributed by atoms with Gasteiger partial charge in [0.1, 0.15) is 15.5 Å². The van der Waals surface area contributed by atoms with Crippen LogP contribution in [-0.4, -0.2) is 36.2 Å². The van der Waals surface area contributed by atoms with Gasteiger partial charge < -0.3 is 20.1 Å². The zero-order chi connectivity index (χ0) is 25.5. The van der Waals surface area contributed by atoms with Crippen LogP contribution in [-0.2, 0) is 4.74 Å². The smallest absolute Gasteiger partial charge is 0.331 e. The number of pyridine rings is 1. The van der Waals surface area contributed by atoms with E-state index in [2.05, 4.69) is 15.6 Å². The predicted octanol–water partition coefficient (Wildman–Crippen LogP) is 6.13. The van der Waals surface area contributed by atoms with E-state index in [1.165, 1.54) is 22.3 Å². The molecule has 37 heavy (non-hydrogen) atoms. The number of rotatable bonds is 5. The fourth-order valence-electron chi connectivity index (χ4n) is 4.67. The maximum Gasteiger partial charge on any atom is 0.331 e. The van der Waals surface area contributed by atoms with E-state index in [0.717, 1.165) is 12.8 Å². The van der Waals surface area contributed by atoms with Crippen molar-refractivity contribution < 1.29 is 23.5 Å². The van der Waals surface area contributed by atoms with Gasteiger partial charge in [-0.15, -0.1) is 11.3 Å². The predicted molar refractivity (Wildman–Crippen MR) is 140 cm³/mol. The number of aryl methyl sites for hydroxylation is 1. The van der Waals surface area contributed by atoms with Crippen molar-refractivity contribution in [3.8, 4) is 11.5 Å². The number of hydrogen-bond donors (Lipinski definition) is 2. The number of aromatic nitrogens is 1. The monoisotopic (exact) mass is 518 g/mol. The van der Waals surface area contributed by atoms with Gasteiger partial charge in [-0.05, 0) is 49.6 Å². The number of amides is 3. The molecule has 1 fully saturated rings. The molecule has 1 saturated heterocycles. The summed E-state index contributed by atoms with van der Waals surface area (Å²) in [6, 6.07) is 12.9. The molecule has 4 aromatic rings. The van der Waals surface area contributed by atoms with Crippen LogP contribution in [0.1, 0.15) is 28.1 Å². The molecule has 2 aliphatic rings. The van der Waals surface area contributed by atoms with E-state index < -0.39 is 11.8 Å². The number of carbonyl (C=O) groups is 2. The van der Waals surface area contributed by atoms with E-state index in [-0.39, 0.29) is 17.7 Å². The molecular weight excluding hydrogens is 495 g/mol. The second-order valence-corrected chi connectivity index (χ2v) is 9.95. The van der Waals surface area contributed by atoms with Gasteiger partial charge in [-0.2, -0.15) is 0 Å². The van der Waals surface area contributed by atoms with Crippen molar-refractivity contribution in [1.82, 2.24) is 10.3 Å². The number of urea groups is 1. The fourth-order valence-corrected chi connectivity index (χ4v) is 5.69. The number of thiophene rings is 1. The molecule has 4 heterocycles. The third-order valence-electron chi connectivity index (χ3n) is 6.41. The van der Waals surface area contributed by atoms with Gasteiger partial charge in [0.25, 0.3) is 5.91 Å². The Morgan fingerprint density at radius 2 is 2.08 bits per heavy atom. The highest BCUT2D eigenvalue weighted by Crippen LogP contribution is 2.47. The Balaban J connectivity index is 1.37.